The number of hydrogen-bond acceptors (Lipinski definition) is 7. The summed E-state index contributed by atoms with van der Waals surface area (Å²) in [7, 11) is 0. The smallest absolute Gasteiger partial charge is 0.194 e. The Morgan fingerprint density at radius 2 is 1.37 bits per heavy atom. The van der Waals surface area contributed by atoms with E-state index in [2.05, 4.69) is 12.2 Å². The number of benzene rings is 1. The second kappa shape index (κ2) is 14.7. The molecule has 1 atom stereocenters. The Bertz CT molecular complexity index is 1210. The van der Waals surface area contributed by atoms with E-state index in [-0.39, 0.29) is 39.5 Å². The molecule has 1 aromatic carbocycles. The molecule has 0 spiro atoms. The molecule has 226 valence electrons. The number of Topliss-reactive ketones (excluding diaryl/α,β-unsaturated/α-hetero) is 2. The number of ether oxygens (including phenoxy) is 1. The molecule has 0 saturated heterocycles. The van der Waals surface area contributed by atoms with Gasteiger partial charge < -0.3 is 20.3 Å². The molecule has 1 aliphatic heterocycles. The Balaban J connectivity index is 1.51. The largest absolute Gasteiger partial charge is 0.507 e. The molecule has 7 nitrogen and oxygen atoms in total. The number of carbonyl (C=O) groups excluding carboxylic acids is 3. The van der Waals surface area contributed by atoms with E-state index < -0.39 is 28.5 Å². The van der Waals surface area contributed by atoms with Gasteiger partial charge in [0.05, 0.1) is 11.1 Å². The molecule has 1 heterocycles. The van der Waals surface area contributed by atoms with Gasteiger partial charge in [-0.3, -0.25) is 14.4 Å². The Morgan fingerprint density at radius 3 is 1.88 bits per heavy atom. The zero-order valence-corrected chi connectivity index (χ0v) is 25.7. The van der Waals surface area contributed by atoms with Crippen LogP contribution in [0.2, 0.25) is 0 Å². The minimum atomic E-state index is -1.48. The molecule has 1 aromatic rings. The molecule has 0 radical (unpaired) electrons. The average Bonchev–Trinajstić information content (AvgIpc) is 3.22. The minimum Gasteiger partial charge on any atom is -0.507 e. The van der Waals surface area contributed by atoms with Gasteiger partial charge in [0.15, 0.2) is 17.3 Å². The molecule has 0 fully saturated rings. The fourth-order valence-electron chi connectivity index (χ4n) is 6.05. The fourth-order valence-corrected chi connectivity index (χ4v) is 6.05. The monoisotopic (exact) mass is 567 g/mol. The molecule has 7 heteroatoms. The summed E-state index contributed by atoms with van der Waals surface area (Å²) in [4.78, 5) is 39.2. The van der Waals surface area contributed by atoms with Crippen molar-refractivity contribution in [3.05, 3.63) is 39.8 Å². The maximum atomic E-state index is 13.8. The molecule has 3 rings (SSSR count). The van der Waals surface area contributed by atoms with E-state index in [1.54, 1.807) is 13.8 Å². The van der Waals surface area contributed by atoms with Crippen LogP contribution in [0.25, 0.3) is 0 Å². The zero-order chi connectivity index (χ0) is 30.2. The number of phenolic OH excluding ortho intramolecular Hbond substituents is 2. The normalized spacial score (nSPS) is 19.0. The maximum Gasteiger partial charge on any atom is 0.194 e. The quantitative estimate of drug-likeness (QED) is 0.0767. The van der Waals surface area contributed by atoms with Crippen LogP contribution in [-0.4, -0.2) is 34.1 Å². The second-order valence-electron chi connectivity index (χ2n) is 11.9. The molecule has 41 heavy (non-hydrogen) atoms. The molecular weight excluding hydrogens is 518 g/mol. The number of rotatable bonds is 17. The average molecular weight is 568 g/mol. The summed E-state index contributed by atoms with van der Waals surface area (Å²) < 4.78 is 5.82. The van der Waals surface area contributed by atoms with Crippen molar-refractivity contribution >= 4 is 17.3 Å². The summed E-state index contributed by atoms with van der Waals surface area (Å²) in [5, 5.41) is 24.7. The molecule has 0 saturated carbocycles. The maximum absolute atomic E-state index is 13.8. The van der Waals surface area contributed by atoms with Gasteiger partial charge in [-0.1, -0.05) is 90.4 Å². The molecular formula is C34H49NO6. The van der Waals surface area contributed by atoms with Crippen LogP contribution >= 0.6 is 0 Å². The SMILES string of the molecule is CCCCCCCCCCCCCCCCNC(C)=C1C(=O)C=C2Oc3c(C(C)=O)c(O)c(C)c(O)c3C2(C)C1=O. The van der Waals surface area contributed by atoms with Gasteiger partial charge in [0, 0.05) is 23.9 Å². The Labute approximate surface area is 245 Å². The third kappa shape index (κ3) is 7.04. The number of carbonyl (C=O) groups is 3. The Morgan fingerprint density at radius 1 is 0.854 bits per heavy atom. The van der Waals surface area contributed by atoms with E-state index in [1.165, 1.54) is 97.0 Å². The first-order chi connectivity index (χ1) is 19.6. The van der Waals surface area contributed by atoms with Gasteiger partial charge in [0.25, 0.3) is 0 Å². The second-order valence-corrected chi connectivity index (χ2v) is 11.9. The Hall–Kier alpha value is -3.09. The van der Waals surface area contributed by atoms with Gasteiger partial charge in [-0.2, -0.15) is 0 Å². The predicted octanol–water partition coefficient (Wildman–Crippen LogP) is 7.64. The number of nitrogens with one attached hydrogen (secondary N) is 1. The number of aromatic hydroxyl groups is 2. The standard InChI is InChI=1S/C34H49NO6/c1-6-7-8-9-10-11-12-13-14-15-16-17-18-19-20-35-23(3)27-25(37)21-26-34(5,33(27)40)29-31(39)22(2)30(38)28(24(4)36)32(29)41-26/h21,35,38-39H,6-20H2,1-5H3. The summed E-state index contributed by atoms with van der Waals surface area (Å²) in [6.45, 7) is 8.96. The van der Waals surface area contributed by atoms with Gasteiger partial charge in [0.2, 0.25) is 0 Å². The highest BCUT2D eigenvalue weighted by molar-refractivity contribution is 6.31. The van der Waals surface area contributed by atoms with Crippen molar-refractivity contribution in [3.8, 4) is 17.2 Å². The molecule has 1 unspecified atom stereocenters. The summed E-state index contributed by atoms with van der Waals surface area (Å²) >= 11 is 0. The van der Waals surface area contributed by atoms with Crippen LogP contribution < -0.4 is 10.1 Å². The molecule has 2 aliphatic rings. The molecule has 0 bridgehead atoms. The first-order valence-corrected chi connectivity index (χ1v) is 15.6. The summed E-state index contributed by atoms with van der Waals surface area (Å²) in [6.07, 6.45) is 19.2. The first-order valence-electron chi connectivity index (χ1n) is 15.6. The molecule has 0 amide bonds. The van der Waals surface area contributed by atoms with E-state index in [9.17, 15) is 24.6 Å². The zero-order valence-electron chi connectivity index (χ0n) is 25.7. The molecule has 1 aliphatic carbocycles. The van der Waals surface area contributed by atoms with Gasteiger partial charge >= 0.3 is 0 Å². The fraction of sp³-hybridized carbons (Fsp3) is 0.618. The molecule has 0 aromatic heterocycles. The van der Waals surface area contributed by atoms with Crippen LogP contribution in [0.5, 0.6) is 17.2 Å². The van der Waals surface area contributed by atoms with E-state index in [1.807, 2.05) is 0 Å². The van der Waals surface area contributed by atoms with Gasteiger partial charge in [-0.25, -0.2) is 0 Å². The van der Waals surface area contributed by atoms with E-state index >= 15 is 0 Å². The summed E-state index contributed by atoms with van der Waals surface area (Å²) in [5.41, 5.74) is -0.884. The summed E-state index contributed by atoms with van der Waals surface area (Å²) in [6, 6.07) is 0. The van der Waals surface area contributed by atoms with Crippen molar-refractivity contribution in [2.24, 2.45) is 0 Å². The highest BCUT2D eigenvalue weighted by Crippen LogP contribution is 2.57. The van der Waals surface area contributed by atoms with Crippen LogP contribution in [0.3, 0.4) is 0 Å². The number of ketones is 3. The van der Waals surface area contributed by atoms with Crippen LogP contribution in [0.15, 0.2) is 23.1 Å². The lowest BCUT2D eigenvalue weighted by Crippen LogP contribution is -2.41. The minimum absolute atomic E-state index is 0.0209. The molecule has 3 N–H and O–H groups in total. The van der Waals surface area contributed by atoms with Crippen molar-refractivity contribution < 1.29 is 29.3 Å². The Kier molecular flexibility index (Phi) is 11.6. The van der Waals surface area contributed by atoms with Crippen molar-refractivity contribution in [2.45, 2.75) is 130 Å². The third-order valence-corrected chi connectivity index (χ3v) is 8.68. The number of hydrogen-bond donors (Lipinski definition) is 3. The van der Waals surface area contributed by atoms with Gasteiger partial charge in [0.1, 0.15) is 34.0 Å². The van der Waals surface area contributed by atoms with Gasteiger partial charge in [-0.05, 0) is 34.1 Å². The van der Waals surface area contributed by atoms with Crippen LogP contribution in [0.4, 0.5) is 0 Å². The lowest BCUT2D eigenvalue weighted by Gasteiger charge is -2.29. The number of allylic oxidation sites excluding steroid dienone is 4. The van der Waals surface area contributed by atoms with Crippen LogP contribution in [0.1, 0.15) is 139 Å². The van der Waals surface area contributed by atoms with Crippen molar-refractivity contribution in [1.29, 1.82) is 0 Å². The number of phenols is 2. The van der Waals surface area contributed by atoms with E-state index in [4.69, 9.17) is 4.74 Å². The number of unbranched alkanes of at least 4 members (excludes halogenated alkanes) is 13. The topological polar surface area (TPSA) is 113 Å². The third-order valence-electron chi connectivity index (χ3n) is 8.68. The lowest BCUT2D eigenvalue weighted by atomic mass is 9.70. The first kappa shape index (κ1) is 32.4. The highest BCUT2D eigenvalue weighted by Gasteiger charge is 2.56. The highest BCUT2D eigenvalue weighted by atomic mass is 16.5. The van der Waals surface area contributed by atoms with Crippen molar-refractivity contribution in [3.63, 3.8) is 0 Å². The van der Waals surface area contributed by atoms with Crippen molar-refractivity contribution in [2.75, 3.05) is 6.54 Å². The lowest BCUT2D eigenvalue weighted by molar-refractivity contribution is -0.123. The van der Waals surface area contributed by atoms with E-state index in [0.29, 0.717) is 12.2 Å². The van der Waals surface area contributed by atoms with Crippen LogP contribution in [-0.2, 0) is 15.0 Å². The summed E-state index contributed by atoms with van der Waals surface area (Å²) in [5.74, 6) is -2.17. The predicted molar refractivity (Wildman–Crippen MR) is 162 cm³/mol. The van der Waals surface area contributed by atoms with Crippen LogP contribution in [0, 0.1) is 6.92 Å². The van der Waals surface area contributed by atoms with E-state index in [0.717, 1.165) is 12.8 Å². The number of fused-ring (bicyclic) bond motifs is 3. The van der Waals surface area contributed by atoms with Crippen molar-refractivity contribution in [1.82, 2.24) is 5.32 Å². The van der Waals surface area contributed by atoms with Gasteiger partial charge in [-0.15, -0.1) is 0 Å².